The van der Waals surface area contributed by atoms with E-state index in [9.17, 15) is 9.50 Å². The van der Waals surface area contributed by atoms with Crippen molar-refractivity contribution >= 4 is 29.9 Å². The molecule has 1 aromatic heterocycles. The van der Waals surface area contributed by atoms with Crippen LogP contribution in [0.2, 0.25) is 0 Å². The summed E-state index contributed by atoms with van der Waals surface area (Å²) in [4.78, 5) is 4.48. The van der Waals surface area contributed by atoms with Crippen molar-refractivity contribution in [1.82, 2.24) is 20.4 Å². The number of aliphatic hydroxyl groups is 1. The van der Waals surface area contributed by atoms with Crippen molar-refractivity contribution < 1.29 is 9.50 Å². The Bertz CT molecular complexity index is 732. The number of aryl methyl sites for hydroxylation is 2. The molecular weight excluding hydrogens is 460 g/mol. The predicted molar refractivity (Wildman–Crippen MR) is 117 cm³/mol. The van der Waals surface area contributed by atoms with Crippen LogP contribution in [0.1, 0.15) is 31.4 Å². The molecule has 1 atom stereocenters. The molecule has 6 nitrogen and oxygen atoms in total. The molecule has 0 fully saturated rings. The monoisotopic (exact) mass is 489 g/mol. The van der Waals surface area contributed by atoms with Gasteiger partial charge in [-0.3, -0.25) is 4.68 Å². The van der Waals surface area contributed by atoms with Crippen molar-refractivity contribution in [3.63, 3.8) is 0 Å². The summed E-state index contributed by atoms with van der Waals surface area (Å²) in [7, 11) is 1.81. The first-order valence-electron chi connectivity index (χ1n) is 8.89. The molecule has 8 heteroatoms. The first-order chi connectivity index (χ1) is 12.4. The minimum Gasteiger partial charge on any atom is -0.383 e. The van der Waals surface area contributed by atoms with Gasteiger partial charge in [0.15, 0.2) is 5.96 Å². The Labute approximate surface area is 177 Å². The maximum absolute atomic E-state index is 13.2. The van der Waals surface area contributed by atoms with Gasteiger partial charge in [-0.2, -0.15) is 5.10 Å². The van der Waals surface area contributed by atoms with Gasteiger partial charge >= 0.3 is 0 Å². The number of hydrogen-bond donors (Lipinski definition) is 3. The van der Waals surface area contributed by atoms with E-state index in [2.05, 4.69) is 20.7 Å². The highest BCUT2D eigenvalue weighted by Crippen LogP contribution is 2.19. The Morgan fingerprint density at radius 1 is 1.37 bits per heavy atom. The van der Waals surface area contributed by atoms with Crippen LogP contribution in [0.3, 0.4) is 0 Å². The SMILES string of the molecule is CCNC(=NCC(C)(O)c1cnn(C)c1)NCCCc1cccc(F)c1.I. The highest BCUT2D eigenvalue weighted by atomic mass is 127. The van der Waals surface area contributed by atoms with Crippen LogP contribution < -0.4 is 10.6 Å². The molecule has 1 aromatic carbocycles. The van der Waals surface area contributed by atoms with Crippen LogP contribution in [0.25, 0.3) is 0 Å². The fourth-order valence-electron chi connectivity index (χ4n) is 2.56. The average Bonchev–Trinajstić information content (AvgIpc) is 3.04. The van der Waals surface area contributed by atoms with Gasteiger partial charge in [0.1, 0.15) is 11.4 Å². The molecule has 1 heterocycles. The van der Waals surface area contributed by atoms with Crippen LogP contribution in [0.5, 0.6) is 0 Å². The Hall–Kier alpha value is -1.68. The summed E-state index contributed by atoms with van der Waals surface area (Å²) in [6, 6.07) is 6.66. The molecule has 0 aliphatic rings. The van der Waals surface area contributed by atoms with Crippen molar-refractivity contribution in [2.45, 2.75) is 32.3 Å². The lowest BCUT2D eigenvalue weighted by molar-refractivity contribution is 0.0672. The van der Waals surface area contributed by atoms with Gasteiger partial charge in [-0.15, -0.1) is 24.0 Å². The molecule has 27 heavy (non-hydrogen) atoms. The summed E-state index contributed by atoms with van der Waals surface area (Å²) < 4.78 is 14.8. The van der Waals surface area contributed by atoms with E-state index in [-0.39, 0.29) is 36.3 Å². The first-order valence-corrected chi connectivity index (χ1v) is 8.89. The minimum absolute atomic E-state index is 0. The molecule has 2 rings (SSSR count). The molecule has 2 aromatic rings. The summed E-state index contributed by atoms with van der Waals surface area (Å²) in [5, 5.41) is 21.1. The minimum atomic E-state index is -1.09. The summed E-state index contributed by atoms with van der Waals surface area (Å²) in [6.07, 6.45) is 5.08. The average molecular weight is 489 g/mol. The number of rotatable bonds is 8. The van der Waals surface area contributed by atoms with E-state index in [0.717, 1.165) is 30.5 Å². The number of benzene rings is 1. The normalized spacial score (nSPS) is 13.6. The standard InChI is InChI=1S/C19H28FN5O.HI/c1-4-21-18(22-10-6-8-15-7-5-9-17(20)11-15)23-14-19(2,26)16-12-24-25(3)13-16;/h5,7,9,11-13,26H,4,6,8,10,14H2,1-3H3,(H2,21,22,23);1H. The quantitative estimate of drug-likeness (QED) is 0.231. The highest BCUT2D eigenvalue weighted by molar-refractivity contribution is 14.0. The van der Waals surface area contributed by atoms with Gasteiger partial charge in [0.2, 0.25) is 0 Å². The summed E-state index contributed by atoms with van der Waals surface area (Å²) in [5.41, 5.74) is 0.622. The molecule has 0 radical (unpaired) electrons. The lowest BCUT2D eigenvalue weighted by Gasteiger charge is -2.20. The fraction of sp³-hybridized carbons (Fsp3) is 0.474. The Kier molecular flexibility index (Phi) is 9.71. The predicted octanol–water partition coefficient (Wildman–Crippen LogP) is 2.57. The molecule has 0 spiro atoms. The molecule has 0 amide bonds. The van der Waals surface area contributed by atoms with Crippen LogP contribution in [0.15, 0.2) is 41.7 Å². The summed E-state index contributed by atoms with van der Waals surface area (Å²) >= 11 is 0. The van der Waals surface area contributed by atoms with Crippen molar-refractivity contribution in [3.05, 3.63) is 53.6 Å². The third-order valence-electron chi connectivity index (χ3n) is 4.04. The molecule has 0 bridgehead atoms. The van der Waals surface area contributed by atoms with E-state index >= 15 is 0 Å². The Balaban J connectivity index is 0.00000364. The first kappa shape index (κ1) is 23.4. The number of aromatic nitrogens is 2. The van der Waals surface area contributed by atoms with Gasteiger partial charge in [0, 0.05) is 31.9 Å². The van der Waals surface area contributed by atoms with Gasteiger partial charge in [-0.05, 0) is 44.4 Å². The maximum atomic E-state index is 13.2. The number of nitrogens with zero attached hydrogens (tertiary/aromatic N) is 3. The molecule has 0 saturated carbocycles. The van der Waals surface area contributed by atoms with Crippen molar-refractivity contribution in [1.29, 1.82) is 0 Å². The van der Waals surface area contributed by atoms with Gasteiger partial charge in [0.25, 0.3) is 0 Å². The highest BCUT2D eigenvalue weighted by Gasteiger charge is 2.24. The van der Waals surface area contributed by atoms with Gasteiger partial charge in [0.05, 0.1) is 12.7 Å². The van der Waals surface area contributed by atoms with E-state index in [1.54, 1.807) is 36.1 Å². The zero-order valence-electron chi connectivity index (χ0n) is 16.1. The Morgan fingerprint density at radius 3 is 2.78 bits per heavy atom. The van der Waals surface area contributed by atoms with Gasteiger partial charge < -0.3 is 15.7 Å². The Morgan fingerprint density at radius 2 is 2.15 bits per heavy atom. The van der Waals surface area contributed by atoms with E-state index in [0.29, 0.717) is 12.5 Å². The number of nitrogens with one attached hydrogen (secondary N) is 2. The molecule has 0 aliphatic heterocycles. The van der Waals surface area contributed by atoms with E-state index in [1.165, 1.54) is 6.07 Å². The van der Waals surface area contributed by atoms with Crippen molar-refractivity contribution in [2.24, 2.45) is 12.0 Å². The van der Waals surface area contributed by atoms with Crippen LogP contribution in [-0.4, -0.2) is 40.5 Å². The van der Waals surface area contributed by atoms with Crippen LogP contribution in [0, 0.1) is 5.82 Å². The molecule has 1 unspecified atom stereocenters. The summed E-state index contributed by atoms with van der Waals surface area (Å²) in [5.74, 6) is 0.443. The van der Waals surface area contributed by atoms with E-state index < -0.39 is 5.60 Å². The lowest BCUT2D eigenvalue weighted by atomic mass is 10.0. The molecule has 3 N–H and O–H groups in total. The maximum Gasteiger partial charge on any atom is 0.191 e. The van der Waals surface area contributed by atoms with Crippen molar-refractivity contribution in [3.8, 4) is 0 Å². The number of hydrogen-bond acceptors (Lipinski definition) is 3. The molecule has 0 saturated heterocycles. The number of guanidine groups is 1. The topological polar surface area (TPSA) is 74.5 Å². The zero-order valence-corrected chi connectivity index (χ0v) is 18.4. The van der Waals surface area contributed by atoms with Gasteiger partial charge in [-0.1, -0.05) is 12.1 Å². The second-order valence-electron chi connectivity index (χ2n) is 6.53. The lowest BCUT2D eigenvalue weighted by Crippen LogP contribution is -2.39. The third kappa shape index (κ3) is 7.84. The smallest absolute Gasteiger partial charge is 0.191 e. The second kappa shape index (κ2) is 11.2. The van der Waals surface area contributed by atoms with E-state index in [4.69, 9.17) is 0 Å². The molecule has 150 valence electrons. The number of halogens is 2. The van der Waals surface area contributed by atoms with Crippen LogP contribution in [0.4, 0.5) is 4.39 Å². The second-order valence-corrected chi connectivity index (χ2v) is 6.53. The van der Waals surface area contributed by atoms with E-state index in [1.807, 2.05) is 20.0 Å². The summed E-state index contributed by atoms with van der Waals surface area (Å²) in [6.45, 7) is 5.37. The van der Waals surface area contributed by atoms with Crippen molar-refractivity contribution in [2.75, 3.05) is 19.6 Å². The largest absolute Gasteiger partial charge is 0.383 e. The third-order valence-corrected chi connectivity index (χ3v) is 4.04. The molecular formula is C19H29FIN5O. The van der Waals surface area contributed by atoms with Gasteiger partial charge in [-0.25, -0.2) is 9.38 Å². The number of aliphatic imine (C=N–C) groups is 1. The van der Waals surface area contributed by atoms with Crippen LogP contribution >= 0.6 is 24.0 Å². The zero-order chi connectivity index (χ0) is 19.0. The fourth-order valence-corrected chi connectivity index (χ4v) is 2.56. The van der Waals surface area contributed by atoms with Crippen LogP contribution in [-0.2, 0) is 19.1 Å². The molecule has 0 aliphatic carbocycles.